The van der Waals surface area contributed by atoms with E-state index in [-0.39, 0.29) is 31.1 Å². The molecule has 6 heteroatoms. The molecule has 0 aromatic heterocycles. The van der Waals surface area contributed by atoms with Crippen LogP contribution < -0.4 is 0 Å². The van der Waals surface area contributed by atoms with Crippen LogP contribution >= 0.6 is 0 Å². The van der Waals surface area contributed by atoms with Crippen LogP contribution in [0.25, 0.3) is 0 Å². The molecule has 0 bridgehead atoms. The maximum Gasteiger partial charge on any atom is 0.306 e. The van der Waals surface area contributed by atoms with Crippen molar-refractivity contribution in [2.24, 2.45) is 0 Å². The number of allylic oxidation sites excluding steroid dienone is 2. The van der Waals surface area contributed by atoms with Crippen LogP contribution in [0.3, 0.4) is 0 Å². The predicted molar refractivity (Wildman–Crippen MR) is 330 cm³/mol. The Kier molecular flexibility index (Phi) is 64.1. The van der Waals surface area contributed by atoms with Crippen LogP contribution in [0.5, 0.6) is 0 Å². The molecule has 0 rings (SSSR count). The maximum atomic E-state index is 12.9. The standard InChI is InChI=1S/C70H134O6/c1-4-7-10-13-16-19-22-24-26-28-30-32-34-36-37-39-41-43-45-48-51-54-57-60-63-69(72)75-66-67(65-74-68(71)62-59-56-53-50-47-21-18-15-12-9-6-3)76-70(73)64-61-58-55-52-49-46-44-42-40-38-35-33-31-29-27-25-23-20-17-14-11-8-5-2/h15,18,67H,4-14,16-17,19-66H2,1-3H3/b18-15-. The summed E-state index contributed by atoms with van der Waals surface area (Å²) in [5.41, 5.74) is 0. The molecule has 0 aliphatic carbocycles. The summed E-state index contributed by atoms with van der Waals surface area (Å²) in [4.78, 5) is 38.3. The van der Waals surface area contributed by atoms with Gasteiger partial charge in [-0.05, 0) is 38.5 Å². The number of ether oxygens (including phenoxy) is 3. The van der Waals surface area contributed by atoms with E-state index in [9.17, 15) is 14.4 Å². The molecule has 0 N–H and O–H groups in total. The highest BCUT2D eigenvalue weighted by molar-refractivity contribution is 5.71. The first-order valence-corrected chi connectivity index (χ1v) is 34.7. The third-order valence-electron chi connectivity index (χ3n) is 16.0. The summed E-state index contributed by atoms with van der Waals surface area (Å²) in [5.74, 6) is -0.843. The van der Waals surface area contributed by atoms with Crippen LogP contribution in [-0.2, 0) is 28.6 Å². The van der Waals surface area contributed by atoms with E-state index >= 15 is 0 Å². The van der Waals surface area contributed by atoms with E-state index in [1.807, 2.05) is 0 Å². The molecule has 0 aromatic carbocycles. The Labute approximate surface area is 475 Å². The molecular formula is C70H134O6. The van der Waals surface area contributed by atoms with Crippen LogP contribution in [0.2, 0.25) is 0 Å². The van der Waals surface area contributed by atoms with Crippen molar-refractivity contribution in [3.8, 4) is 0 Å². The molecule has 450 valence electrons. The van der Waals surface area contributed by atoms with Gasteiger partial charge in [-0.1, -0.05) is 354 Å². The zero-order chi connectivity index (χ0) is 55.0. The second-order valence-electron chi connectivity index (χ2n) is 23.8. The summed E-state index contributed by atoms with van der Waals surface area (Å²) < 4.78 is 17.0. The fraction of sp³-hybridized carbons (Fsp3) is 0.929. The molecule has 0 spiro atoms. The SMILES string of the molecule is CCCC/C=C\CCCCCCCC(=O)OCC(COC(=O)CCCCCCCCCCCCCCCCCCCCCCCCCC)OC(=O)CCCCCCCCCCCCCCCCCCCCCCCCC. The lowest BCUT2D eigenvalue weighted by Gasteiger charge is -2.18. The van der Waals surface area contributed by atoms with E-state index in [1.54, 1.807) is 0 Å². The molecule has 0 fully saturated rings. The van der Waals surface area contributed by atoms with Crippen molar-refractivity contribution in [1.82, 2.24) is 0 Å². The van der Waals surface area contributed by atoms with Gasteiger partial charge in [0.2, 0.25) is 0 Å². The fourth-order valence-corrected chi connectivity index (χ4v) is 10.8. The van der Waals surface area contributed by atoms with Crippen molar-refractivity contribution in [3.05, 3.63) is 12.2 Å². The first kappa shape index (κ1) is 74.2. The van der Waals surface area contributed by atoms with Crippen molar-refractivity contribution in [2.45, 2.75) is 406 Å². The molecule has 0 saturated carbocycles. The molecule has 0 saturated heterocycles. The highest BCUT2D eigenvalue weighted by Gasteiger charge is 2.19. The number of hydrogen-bond acceptors (Lipinski definition) is 6. The second-order valence-corrected chi connectivity index (χ2v) is 23.8. The average molecular weight is 1070 g/mol. The zero-order valence-electron chi connectivity index (χ0n) is 51.8. The van der Waals surface area contributed by atoms with Gasteiger partial charge in [0.15, 0.2) is 6.10 Å². The number of carbonyl (C=O) groups excluding carboxylic acids is 3. The van der Waals surface area contributed by atoms with Gasteiger partial charge < -0.3 is 14.2 Å². The predicted octanol–water partition coefficient (Wildman–Crippen LogP) is 23.6. The Hall–Kier alpha value is -1.85. The Bertz CT molecular complexity index is 1180. The molecule has 1 atom stereocenters. The van der Waals surface area contributed by atoms with Gasteiger partial charge in [-0.15, -0.1) is 0 Å². The van der Waals surface area contributed by atoms with E-state index in [0.717, 1.165) is 64.2 Å². The monoisotopic (exact) mass is 1070 g/mol. The summed E-state index contributed by atoms with van der Waals surface area (Å²) in [6.45, 7) is 6.68. The van der Waals surface area contributed by atoms with Crippen LogP contribution in [0.1, 0.15) is 400 Å². The van der Waals surface area contributed by atoms with Crippen molar-refractivity contribution in [2.75, 3.05) is 13.2 Å². The minimum absolute atomic E-state index is 0.0659. The van der Waals surface area contributed by atoms with Gasteiger partial charge >= 0.3 is 17.9 Å². The van der Waals surface area contributed by atoms with Crippen molar-refractivity contribution in [1.29, 1.82) is 0 Å². The van der Waals surface area contributed by atoms with Gasteiger partial charge in [0.25, 0.3) is 0 Å². The number of esters is 3. The van der Waals surface area contributed by atoms with Crippen LogP contribution in [-0.4, -0.2) is 37.2 Å². The molecular weight excluding hydrogens is 937 g/mol. The minimum atomic E-state index is -0.769. The van der Waals surface area contributed by atoms with Gasteiger partial charge in [-0.3, -0.25) is 14.4 Å². The molecule has 0 aromatic rings. The quantitative estimate of drug-likeness (QED) is 0.0261. The van der Waals surface area contributed by atoms with Crippen molar-refractivity contribution >= 4 is 17.9 Å². The summed E-state index contributed by atoms with van der Waals surface area (Å²) in [6.07, 6.45) is 78.2. The van der Waals surface area contributed by atoms with E-state index in [0.29, 0.717) is 19.3 Å². The molecule has 0 amide bonds. The largest absolute Gasteiger partial charge is 0.462 e. The van der Waals surface area contributed by atoms with Crippen LogP contribution in [0.15, 0.2) is 12.2 Å². The van der Waals surface area contributed by atoms with E-state index in [4.69, 9.17) is 14.2 Å². The number of carbonyl (C=O) groups is 3. The molecule has 0 radical (unpaired) electrons. The van der Waals surface area contributed by atoms with E-state index < -0.39 is 6.10 Å². The molecule has 1 unspecified atom stereocenters. The number of rotatable bonds is 65. The highest BCUT2D eigenvalue weighted by Crippen LogP contribution is 2.19. The Morgan fingerprint density at radius 2 is 0.447 bits per heavy atom. The first-order valence-electron chi connectivity index (χ1n) is 34.7. The molecule has 0 heterocycles. The summed E-state index contributed by atoms with van der Waals surface area (Å²) in [5, 5.41) is 0. The first-order chi connectivity index (χ1) is 37.5. The van der Waals surface area contributed by atoms with E-state index in [1.165, 1.54) is 295 Å². The van der Waals surface area contributed by atoms with Gasteiger partial charge in [0, 0.05) is 19.3 Å². The average Bonchev–Trinajstić information content (AvgIpc) is 3.42. The second kappa shape index (κ2) is 65.7. The number of unbranched alkanes of at least 4 members (excludes halogenated alkanes) is 52. The van der Waals surface area contributed by atoms with Crippen LogP contribution in [0.4, 0.5) is 0 Å². The van der Waals surface area contributed by atoms with Crippen molar-refractivity contribution < 1.29 is 28.6 Å². The highest BCUT2D eigenvalue weighted by atomic mass is 16.6. The van der Waals surface area contributed by atoms with E-state index in [2.05, 4.69) is 32.9 Å². The lowest BCUT2D eigenvalue weighted by molar-refractivity contribution is -0.167. The Balaban J connectivity index is 4.16. The maximum absolute atomic E-state index is 12.9. The topological polar surface area (TPSA) is 78.9 Å². The summed E-state index contributed by atoms with van der Waals surface area (Å²) >= 11 is 0. The Morgan fingerprint density at radius 3 is 0.697 bits per heavy atom. The third kappa shape index (κ3) is 63.0. The molecule has 76 heavy (non-hydrogen) atoms. The normalized spacial score (nSPS) is 12.0. The van der Waals surface area contributed by atoms with Crippen molar-refractivity contribution in [3.63, 3.8) is 0 Å². The number of hydrogen-bond donors (Lipinski definition) is 0. The summed E-state index contributed by atoms with van der Waals surface area (Å²) in [7, 11) is 0. The fourth-order valence-electron chi connectivity index (χ4n) is 10.8. The molecule has 0 aliphatic heterocycles. The van der Waals surface area contributed by atoms with Gasteiger partial charge in [-0.25, -0.2) is 0 Å². The third-order valence-corrected chi connectivity index (χ3v) is 16.0. The minimum Gasteiger partial charge on any atom is -0.462 e. The van der Waals surface area contributed by atoms with Gasteiger partial charge in [-0.2, -0.15) is 0 Å². The Morgan fingerprint density at radius 1 is 0.250 bits per heavy atom. The van der Waals surface area contributed by atoms with Gasteiger partial charge in [0.1, 0.15) is 13.2 Å². The lowest BCUT2D eigenvalue weighted by atomic mass is 10.0. The lowest BCUT2D eigenvalue weighted by Crippen LogP contribution is -2.30. The molecule has 0 aliphatic rings. The zero-order valence-corrected chi connectivity index (χ0v) is 51.8. The smallest absolute Gasteiger partial charge is 0.306 e. The molecule has 6 nitrogen and oxygen atoms in total. The van der Waals surface area contributed by atoms with Crippen LogP contribution in [0, 0.1) is 0 Å². The summed E-state index contributed by atoms with van der Waals surface area (Å²) in [6, 6.07) is 0. The van der Waals surface area contributed by atoms with Gasteiger partial charge in [0.05, 0.1) is 0 Å².